The molecule has 33 heavy (non-hydrogen) atoms. The first-order valence-corrected chi connectivity index (χ1v) is 13.0. The molecule has 2 fully saturated rings. The molecule has 1 aromatic heterocycles. The third kappa shape index (κ3) is 4.58. The number of rotatable bonds is 5. The zero-order chi connectivity index (χ0) is 22.8. The van der Waals surface area contributed by atoms with Gasteiger partial charge in [-0.2, -0.15) is 4.31 Å². The van der Waals surface area contributed by atoms with Gasteiger partial charge in [0.2, 0.25) is 15.9 Å². The van der Waals surface area contributed by atoms with Crippen LogP contribution in [0.5, 0.6) is 0 Å². The molecule has 2 aliphatic heterocycles. The molecular formula is C25H28N4O3S. The zero-order valence-corrected chi connectivity index (χ0v) is 19.3. The van der Waals surface area contributed by atoms with Gasteiger partial charge in [-0.3, -0.25) is 4.79 Å². The van der Waals surface area contributed by atoms with Crippen molar-refractivity contribution in [1.82, 2.24) is 9.29 Å². The van der Waals surface area contributed by atoms with Crippen LogP contribution < -0.4 is 10.2 Å². The van der Waals surface area contributed by atoms with E-state index in [2.05, 4.69) is 10.2 Å². The van der Waals surface area contributed by atoms with Crippen LogP contribution in [-0.2, 0) is 14.8 Å². The minimum absolute atomic E-state index is 0.0310. The number of hydrogen-bond acceptors (Lipinski definition) is 5. The van der Waals surface area contributed by atoms with E-state index >= 15 is 0 Å². The Balaban J connectivity index is 1.32. The third-order valence-electron chi connectivity index (χ3n) is 6.51. The van der Waals surface area contributed by atoms with E-state index in [0.29, 0.717) is 24.5 Å². The normalized spacial score (nSPS) is 19.6. The minimum atomic E-state index is -3.45. The van der Waals surface area contributed by atoms with Crippen molar-refractivity contribution in [1.29, 1.82) is 0 Å². The van der Waals surface area contributed by atoms with Crippen molar-refractivity contribution in [3.63, 3.8) is 0 Å². The van der Waals surface area contributed by atoms with Crippen molar-refractivity contribution in [2.75, 3.05) is 36.4 Å². The molecule has 3 aromatic rings. The van der Waals surface area contributed by atoms with Gasteiger partial charge in [-0.25, -0.2) is 13.4 Å². The van der Waals surface area contributed by atoms with Crippen LogP contribution in [-0.4, -0.2) is 49.8 Å². The molecule has 0 spiro atoms. The Kier molecular flexibility index (Phi) is 6.03. The number of carbonyl (C=O) groups excluding carboxylic acids is 1. The van der Waals surface area contributed by atoms with Gasteiger partial charge in [-0.15, -0.1) is 0 Å². The quantitative estimate of drug-likeness (QED) is 0.620. The average molecular weight is 465 g/mol. The lowest BCUT2D eigenvalue weighted by molar-refractivity contribution is -0.120. The second kappa shape index (κ2) is 9.11. The summed E-state index contributed by atoms with van der Waals surface area (Å²) < 4.78 is 27.3. The van der Waals surface area contributed by atoms with Crippen LogP contribution in [0.3, 0.4) is 0 Å². The first kappa shape index (κ1) is 21.9. The molecule has 0 saturated carbocycles. The van der Waals surface area contributed by atoms with Crippen molar-refractivity contribution >= 4 is 38.3 Å². The summed E-state index contributed by atoms with van der Waals surface area (Å²) in [6.45, 7) is 2.63. The molecule has 3 heterocycles. The average Bonchev–Trinajstić information content (AvgIpc) is 3.40. The van der Waals surface area contributed by atoms with Gasteiger partial charge in [-0.1, -0.05) is 18.2 Å². The number of pyridine rings is 1. The van der Waals surface area contributed by atoms with Crippen molar-refractivity contribution < 1.29 is 13.2 Å². The van der Waals surface area contributed by atoms with Gasteiger partial charge in [0, 0.05) is 37.3 Å². The Morgan fingerprint density at radius 3 is 2.52 bits per heavy atom. The second-order valence-electron chi connectivity index (χ2n) is 8.78. The first-order chi connectivity index (χ1) is 16.0. The van der Waals surface area contributed by atoms with Crippen LogP contribution in [0.25, 0.3) is 10.9 Å². The summed E-state index contributed by atoms with van der Waals surface area (Å²) in [5.41, 5.74) is 1.56. The zero-order valence-electron chi connectivity index (χ0n) is 18.5. The summed E-state index contributed by atoms with van der Waals surface area (Å²) >= 11 is 0. The largest absolute Gasteiger partial charge is 0.356 e. The highest BCUT2D eigenvalue weighted by atomic mass is 32.2. The molecular weight excluding hydrogens is 436 g/mol. The molecule has 0 aliphatic carbocycles. The standard InChI is InChI=1S/C25H28N4O3S/c30-25(26-21-8-2-1-3-9-21)20-7-6-14-28(18-20)24-13-10-19-17-22(11-12-23(19)27-24)33(31,32)29-15-4-5-16-29/h1-3,8-13,17,20H,4-7,14-16,18H2,(H,26,30). The number of nitrogens with zero attached hydrogens (tertiary/aromatic N) is 3. The van der Waals surface area contributed by atoms with E-state index in [-0.39, 0.29) is 11.8 Å². The lowest BCUT2D eigenvalue weighted by Crippen LogP contribution is -2.41. The van der Waals surface area contributed by atoms with Gasteiger partial charge in [0.05, 0.1) is 16.3 Å². The molecule has 8 heteroatoms. The lowest BCUT2D eigenvalue weighted by Gasteiger charge is -2.33. The Bertz CT molecular complexity index is 1260. The highest BCUT2D eigenvalue weighted by molar-refractivity contribution is 7.89. The molecule has 5 rings (SSSR count). The molecule has 2 aliphatic rings. The maximum absolute atomic E-state index is 12.9. The van der Waals surface area contributed by atoms with Crippen LogP contribution in [0.4, 0.5) is 11.5 Å². The minimum Gasteiger partial charge on any atom is -0.356 e. The van der Waals surface area contributed by atoms with Crippen molar-refractivity contribution in [3.8, 4) is 0 Å². The number of carbonyl (C=O) groups is 1. The lowest BCUT2D eigenvalue weighted by atomic mass is 9.97. The maximum atomic E-state index is 12.9. The third-order valence-corrected chi connectivity index (χ3v) is 8.40. The van der Waals surface area contributed by atoms with Crippen molar-refractivity contribution in [2.45, 2.75) is 30.6 Å². The maximum Gasteiger partial charge on any atom is 0.243 e. The molecule has 172 valence electrons. The van der Waals surface area contributed by atoms with Gasteiger partial charge >= 0.3 is 0 Å². The van der Waals surface area contributed by atoms with E-state index in [0.717, 1.165) is 54.6 Å². The van der Waals surface area contributed by atoms with Gasteiger partial charge in [-0.05, 0) is 68.1 Å². The van der Waals surface area contributed by atoms with Crippen LogP contribution in [0.1, 0.15) is 25.7 Å². The monoisotopic (exact) mass is 464 g/mol. The predicted molar refractivity (Wildman–Crippen MR) is 130 cm³/mol. The number of anilines is 2. The van der Waals surface area contributed by atoms with Gasteiger partial charge < -0.3 is 10.2 Å². The molecule has 1 atom stereocenters. The summed E-state index contributed by atoms with van der Waals surface area (Å²) in [4.78, 5) is 20.0. The predicted octanol–water partition coefficient (Wildman–Crippen LogP) is 3.87. The van der Waals surface area contributed by atoms with Gasteiger partial charge in [0.15, 0.2) is 0 Å². The van der Waals surface area contributed by atoms with E-state index in [9.17, 15) is 13.2 Å². The second-order valence-corrected chi connectivity index (χ2v) is 10.7. The number of hydrogen-bond donors (Lipinski definition) is 1. The first-order valence-electron chi connectivity index (χ1n) is 11.5. The van der Waals surface area contributed by atoms with Crippen LogP contribution >= 0.6 is 0 Å². The van der Waals surface area contributed by atoms with Gasteiger partial charge in [0.25, 0.3) is 0 Å². The number of nitrogens with one attached hydrogen (secondary N) is 1. The highest BCUT2D eigenvalue weighted by Crippen LogP contribution is 2.28. The van der Waals surface area contributed by atoms with Crippen LogP contribution in [0.2, 0.25) is 0 Å². The number of aromatic nitrogens is 1. The highest BCUT2D eigenvalue weighted by Gasteiger charge is 2.28. The number of sulfonamides is 1. The number of para-hydroxylation sites is 1. The molecule has 1 N–H and O–H groups in total. The smallest absolute Gasteiger partial charge is 0.243 e. The molecule has 1 unspecified atom stereocenters. The topological polar surface area (TPSA) is 82.6 Å². The number of amides is 1. The summed E-state index contributed by atoms with van der Waals surface area (Å²) in [7, 11) is -3.45. The number of piperidine rings is 1. The van der Waals surface area contributed by atoms with E-state index < -0.39 is 10.0 Å². The summed E-state index contributed by atoms with van der Waals surface area (Å²) in [6, 6.07) is 18.5. The van der Waals surface area contributed by atoms with E-state index in [1.807, 2.05) is 42.5 Å². The summed E-state index contributed by atoms with van der Waals surface area (Å²) in [6.07, 6.45) is 3.59. The Labute approximate surface area is 194 Å². The fourth-order valence-electron chi connectivity index (χ4n) is 4.67. The molecule has 2 aromatic carbocycles. The number of fused-ring (bicyclic) bond motifs is 1. The SMILES string of the molecule is O=C(Nc1ccccc1)C1CCCN(c2ccc3cc(S(=O)(=O)N4CCCC4)ccc3n2)C1. The van der Waals surface area contributed by atoms with Crippen LogP contribution in [0.15, 0.2) is 65.6 Å². The molecule has 2 saturated heterocycles. The Hall–Kier alpha value is -2.97. The fourth-order valence-corrected chi connectivity index (χ4v) is 6.23. The molecule has 0 radical (unpaired) electrons. The molecule has 0 bridgehead atoms. The van der Waals surface area contributed by atoms with E-state index in [1.54, 1.807) is 22.5 Å². The van der Waals surface area contributed by atoms with Crippen LogP contribution in [0, 0.1) is 5.92 Å². The Morgan fingerprint density at radius 2 is 1.73 bits per heavy atom. The fraction of sp³-hybridized carbons (Fsp3) is 0.360. The van der Waals surface area contributed by atoms with Crippen molar-refractivity contribution in [3.05, 3.63) is 60.7 Å². The van der Waals surface area contributed by atoms with Gasteiger partial charge in [0.1, 0.15) is 5.82 Å². The summed E-state index contributed by atoms with van der Waals surface area (Å²) in [5, 5.41) is 3.81. The van der Waals surface area contributed by atoms with E-state index in [1.165, 1.54) is 0 Å². The molecule has 1 amide bonds. The summed E-state index contributed by atoms with van der Waals surface area (Å²) in [5.74, 6) is 0.739. The van der Waals surface area contributed by atoms with Crippen molar-refractivity contribution in [2.24, 2.45) is 5.92 Å². The molecule has 7 nitrogen and oxygen atoms in total. The Morgan fingerprint density at radius 1 is 0.939 bits per heavy atom. The number of benzene rings is 2. The van der Waals surface area contributed by atoms with E-state index in [4.69, 9.17) is 4.98 Å².